The van der Waals surface area contributed by atoms with Crippen LogP contribution in [0.4, 0.5) is 5.69 Å². The molecule has 0 atom stereocenters. The number of anilines is 1. The van der Waals surface area contributed by atoms with E-state index >= 15 is 0 Å². The maximum atomic E-state index is 5.17. The molecule has 82 valence electrons. The van der Waals surface area contributed by atoms with E-state index in [1.807, 2.05) is 18.9 Å². The molecular formula is C13H19NS. The van der Waals surface area contributed by atoms with Crippen LogP contribution in [-0.4, -0.2) is 12.0 Å². The number of hydrogen-bond acceptors (Lipinski definition) is 1. The number of hydrogen-bond donors (Lipinski definition) is 0. The molecule has 0 radical (unpaired) electrons. The molecular weight excluding hydrogens is 202 g/mol. The standard InChI is InChI=1S/C13H19NS/c1-5-11-7-8-13(9-12(11)6-2)14(4)10(3)15/h7-9H,5-6H2,1-4H3. The molecule has 1 rings (SSSR count). The van der Waals surface area contributed by atoms with E-state index in [-0.39, 0.29) is 0 Å². The fraction of sp³-hybridized carbons (Fsp3) is 0.462. The van der Waals surface area contributed by atoms with Crippen molar-refractivity contribution in [1.29, 1.82) is 0 Å². The molecule has 0 aromatic heterocycles. The van der Waals surface area contributed by atoms with Crippen molar-refractivity contribution in [2.75, 3.05) is 11.9 Å². The largest absolute Gasteiger partial charge is 0.339 e. The zero-order valence-electron chi connectivity index (χ0n) is 10.0. The second-order valence-corrected chi connectivity index (χ2v) is 4.33. The summed E-state index contributed by atoms with van der Waals surface area (Å²) in [4.78, 5) is 2.95. The Kier molecular flexibility index (Phi) is 4.28. The fourth-order valence-corrected chi connectivity index (χ4v) is 1.78. The Hall–Kier alpha value is -0.890. The zero-order chi connectivity index (χ0) is 11.4. The van der Waals surface area contributed by atoms with E-state index in [0.717, 1.165) is 17.8 Å². The first kappa shape index (κ1) is 12.2. The van der Waals surface area contributed by atoms with Crippen LogP contribution < -0.4 is 4.90 Å². The quantitative estimate of drug-likeness (QED) is 0.718. The van der Waals surface area contributed by atoms with Crippen molar-refractivity contribution < 1.29 is 0 Å². The minimum absolute atomic E-state index is 0.904. The SMILES string of the molecule is CCc1ccc(N(C)C(C)=S)cc1CC. The summed E-state index contributed by atoms with van der Waals surface area (Å²) in [7, 11) is 2.02. The van der Waals surface area contributed by atoms with Crippen molar-refractivity contribution in [1.82, 2.24) is 0 Å². The molecule has 1 nitrogen and oxygen atoms in total. The molecule has 0 fully saturated rings. The highest BCUT2D eigenvalue weighted by Crippen LogP contribution is 2.20. The normalized spacial score (nSPS) is 10.1. The molecule has 0 spiro atoms. The summed E-state index contributed by atoms with van der Waals surface area (Å²) in [6.45, 7) is 6.35. The van der Waals surface area contributed by atoms with Gasteiger partial charge in [0.1, 0.15) is 0 Å². The second kappa shape index (κ2) is 5.26. The van der Waals surface area contributed by atoms with E-state index in [1.165, 1.54) is 16.8 Å². The molecule has 0 N–H and O–H groups in total. The van der Waals surface area contributed by atoms with E-state index in [9.17, 15) is 0 Å². The van der Waals surface area contributed by atoms with Crippen LogP contribution in [0.1, 0.15) is 31.9 Å². The number of thiocarbonyl (C=S) groups is 1. The smallest absolute Gasteiger partial charge is 0.0789 e. The van der Waals surface area contributed by atoms with E-state index < -0.39 is 0 Å². The Morgan fingerprint density at radius 1 is 1.20 bits per heavy atom. The first-order valence-electron chi connectivity index (χ1n) is 5.46. The Bertz CT molecular complexity index is 358. The van der Waals surface area contributed by atoms with Crippen LogP contribution in [0.5, 0.6) is 0 Å². The maximum absolute atomic E-state index is 5.17. The van der Waals surface area contributed by atoms with Crippen LogP contribution in [0.3, 0.4) is 0 Å². The van der Waals surface area contributed by atoms with E-state index in [1.54, 1.807) is 0 Å². The average Bonchev–Trinajstić information content (AvgIpc) is 2.26. The highest BCUT2D eigenvalue weighted by molar-refractivity contribution is 7.80. The van der Waals surface area contributed by atoms with Crippen LogP contribution in [0.25, 0.3) is 0 Å². The van der Waals surface area contributed by atoms with Crippen molar-refractivity contribution in [3.63, 3.8) is 0 Å². The Balaban J connectivity index is 3.07. The summed E-state index contributed by atoms with van der Waals surface area (Å²) in [6, 6.07) is 6.60. The van der Waals surface area contributed by atoms with Gasteiger partial charge in [-0.15, -0.1) is 0 Å². The predicted molar refractivity (Wildman–Crippen MR) is 71.9 cm³/mol. The summed E-state index contributed by atoms with van der Waals surface area (Å²) < 4.78 is 0. The molecule has 15 heavy (non-hydrogen) atoms. The Morgan fingerprint density at radius 3 is 2.27 bits per heavy atom. The Labute approximate surface area is 98.1 Å². The number of rotatable bonds is 3. The highest BCUT2D eigenvalue weighted by Gasteiger charge is 2.05. The lowest BCUT2D eigenvalue weighted by Crippen LogP contribution is -2.21. The van der Waals surface area contributed by atoms with E-state index in [2.05, 4.69) is 32.0 Å². The van der Waals surface area contributed by atoms with Gasteiger partial charge >= 0.3 is 0 Å². The number of benzene rings is 1. The van der Waals surface area contributed by atoms with Gasteiger partial charge in [-0.25, -0.2) is 0 Å². The van der Waals surface area contributed by atoms with Crippen LogP contribution in [0.15, 0.2) is 18.2 Å². The molecule has 0 saturated heterocycles. The van der Waals surface area contributed by atoms with Crippen LogP contribution in [-0.2, 0) is 12.8 Å². The summed E-state index contributed by atoms with van der Waals surface area (Å²) >= 11 is 5.17. The van der Waals surface area contributed by atoms with Gasteiger partial charge in [0, 0.05) is 12.7 Å². The number of aryl methyl sites for hydroxylation is 2. The van der Waals surface area contributed by atoms with Gasteiger partial charge < -0.3 is 4.90 Å². The molecule has 0 heterocycles. The monoisotopic (exact) mass is 221 g/mol. The second-order valence-electron chi connectivity index (χ2n) is 3.74. The third kappa shape index (κ3) is 2.78. The molecule has 0 aliphatic heterocycles. The third-order valence-corrected chi connectivity index (χ3v) is 3.09. The van der Waals surface area contributed by atoms with Crippen molar-refractivity contribution in [3.8, 4) is 0 Å². The molecule has 2 heteroatoms. The Morgan fingerprint density at radius 2 is 1.80 bits per heavy atom. The van der Waals surface area contributed by atoms with Gasteiger partial charge in [0.15, 0.2) is 0 Å². The van der Waals surface area contributed by atoms with Gasteiger partial charge in [-0.1, -0.05) is 32.1 Å². The minimum Gasteiger partial charge on any atom is -0.339 e. The lowest BCUT2D eigenvalue weighted by Gasteiger charge is -2.19. The molecule has 1 aromatic rings. The average molecular weight is 221 g/mol. The molecule has 0 aliphatic carbocycles. The van der Waals surface area contributed by atoms with Gasteiger partial charge in [-0.05, 0) is 43.0 Å². The van der Waals surface area contributed by atoms with Crippen LogP contribution in [0.2, 0.25) is 0 Å². The summed E-state index contributed by atoms with van der Waals surface area (Å²) in [6.07, 6.45) is 2.19. The topological polar surface area (TPSA) is 3.24 Å². The summed E-state index contributed by atoms with van der Waals surface area (Å²) in [5, 5.41) is 0. The molecule has 0 amide bonds. The van der Waals surface area contributed by atoms with Crippen molar-refractivity contribution in [2.24, 2.45) is 0 Å². The van der Waals surface area contributed by atoms with Crippen LogP contribution in [0, 0.1) is 0 Å². The van der Waals surface area contributed by atoms with E-state index in [0.29, 0.717) is 0 Å². The third-order valence-electron chi connectivity index (χ3n) is 2.81. The number of nitrogens with zero attached hydrogens (tertiary/aromatic N) is 1. The van der Waals surface area contributed by atoms with Crippen molar-refractivity contribution in [3.05, 3.63) is 29.3 Å². The van der Waals surface area contributed by atoms with Crippen molar-refractivity contribution >= 4 is 22.9 Å². The fourth-order valence-electron chi connectivity index (χ4n) is 1.68. The minimum atomic E-state index is 0.904. The van der Waals surface area contributed by atoms with E-state index in [4.69, 9.17) is 12.2 Å². The lowest BCUT2D eigenvalue weighted by molar-refractivity contribution is 1.03. The summed E-state index contributed by atoms with van der Waals surface area (Å²) in [5.41, 5.74) is 4.06. The van der Waals surface area contributed by atoms with Crippen molar-refractivity contribution in [2.45, 2.75) is 33.6 Å². The van der Waals surface area contributed by atoms with Gasteiger partial charge in [0.05, 0.1) is 4.99 Å². The van der Waals surface area contributed by atoms with Crippen LogP contribution >= 0.6 is 12.2 Å². The highest BCUT2D eigenvalue weighted by atomic mass is 32.1. The van der Waals surface area contributed by atoms with Gasteiger partial charge in [-0.3, -0.25) is 0 Å². The van der Waals surface area contributed by atoms with Gasteiger partial charge in [0.25, 0.3) is 0 Å². The molecule has 0 unspecified atom stereocenters. The molecule has 1 aromatic carbocycles. The molecule has 0 saturated carbocycles. The molecule has 0 bridgehead atoms. The molecule has 0 aliphatic rings. The summed E-state index contributed by atoms with van der Waals surface area (Å²) in [5.74, 6) is 0. The first-order chi connectivity index (χ1) is 7.10. The maximum Gasteiger partial charge on any atom is 0.0789 e. The zero-order valence-corrected chi connectivity index (χ0v) is 10.8. The predicted octanol–water partition coefficient (Wildman–Crippen LogP) is 3.59. The van der Waals surface area contributed by atoms with Gasteiger partial charge in [-0.2, -0.15) is 0 Å². The first-order valence-corrected chi connectivity index (χ1v) is 5.87. The van der Waals surface area contributed by atoms with Gasteiger partial charge in [0.2, 0.25) is 0 Å². The lowest BCUT2D eigenvalue weighted by atomic mass is 10.0.